The van der Waals surface area contributed by atoms with Crippen LogP contribution < -0.4 is 10.1 Å². The van der Waals surface area contributed by atoms with Gasteiger partial charge in [-0.3, -0.25) is 4.79 Å². The van der Waals surface area contributed by atoms with E-state index in [4.69, 9.17) is 4.74 Å². The fourth-order valence-electron chi connectivity index (χ4n) is 4.00. The highest BCUT2D eigenvalue weighted by Crippen LogP contribution is 2.41. The number of pyridine rings is 1. The zero-order valence-corrected chi connectivity index (χ0v) is 15.8. The number of hydrogen-bond donors (Lipinski definition) is 3. The van der Waals surface area contributed by atoms with E-state index in [1.807, 2.05) is 23.9 Å². The number of allylic oxidation sites excluding steroid dienone is 1. The van der Waals surface area contributed by atoms with Crippen molar-refractivity contribution in [2.75, 3.05) is 13.1 Å². The first-order valence-corrected chi connectivity index (χ1v) is 9.37. The molecule has 2 aliphatic heterocycles. The van der Waals surface area contributed by atoms with Crippen molar-refractivity contribution in [2.45, 2.75) is 6.42 Å². The molecule has 146 valence electrons. The van der Waals surface area contributed by atoms with E-state index < -0.39 is 5.78 Å². The van der Waals surface area contributed by atoms with E-state index in [0.717, 1.165) is 47.7 Å². The molecule has 0 unspecified atom stereocenters. The molecule has 2 aliphatic rings. The summed E-state index contributed by atoms with van der Waals surface area (Å²) in [4.78, 5) is 17.3. The van der Waals surface area contributed by atoms with Gasteiger partial charge >= 0.3 is 0 Å². The number of Topliss-reactive ketones (excluding diaryl/α,β-unsaturated/α-hetero) is 1. The van der Waals surface area contributed by atoms with Gasteiger partial charge in [-0.1, -0.05) is 6.08 Å². The molecular weight excluding hydrogens is 370 g/mol. The highest BCUT2D eigenvalue weighted by molar-refractivity contribution is 6.17. The van der Waals surface area contributed by atoms with Gasteiger partial charge in [-0.25, -0.2) is 4.98 Å². The van der Waals surface area contributed by atoms with Crippen molar-refractivity contribution in [2.24, 2.45) is 7.05 Å². The number of hydrogen-bond acceptors (Lipinski definition) is 6. The summed E-state index contributed by atoms with van der Waals surface area (Å²) in [5.41, 5.74) is 4.02. The molecule has 0 amide bonds. The zero-order chi connectivity index (χ0) is 20.1. The first kappa shape index (κ1) is 17.5. The first-order valence-electron chi connectivity index (χ1n) is 9.37. The lowest BCUT2D eigenvalue weighted by molar-refractivity contribution is 0.101. The number of carbonyl (C=O) groups excluding carboxylic acids is 1. The van der Waals surface area contributed by atoms with Crippen LogP contribution in [0.3, 0.4) is 0 Å². The molecule has 0 saturated heterocycles. The van der Waals surface area contributed by atoms with Crippen molar-refractivity contribution in [3.05, 3.63) is 59.1 Å². The van der Waals surface area contributed by atoms with Gasteiger partial charge in [0.25, 0.3) is 0 Å². The van der Waals surface area contributed by atoms with E-state index in [0.29, 0.717) is 0 Å². The number of benzene rings is 1. The number of phenols is 2. The van der Waals surface area contributed by atoms with Crippen molar-refractivity contribution in [3.8, 4) is 17.2 Å². The second-order valence-corrected chi connectivity index (χ2v) is 7.21. The van der Waals surface area contributed by atoms with Gasteiger partial charge in [0.2, 0.25) is 5.78 Å². The lowest BCUT2D eigenvalue weighted by Gasteiger charge is -2.15. The maximum atomic E-state index is 12.8. The number of aryl methyl sites for hydroxylation is 1. The standard InChI is InChI=1S/C22H19N3O4/c1-25-11-13(8-18-21(28)20-16(27)9-14(26)10-17(20)29-18)19-15(4-7-24-22(19)25)12-2-5-23-6-3-12/h2,4,7-11,23,26-27H,3,5-6H2,1H3/b18-8-. The number of aromatic hydroxyl groups is 2. The lowest BCUT2D eigenvalue weighted by Crippen LogP contribution is -2.20. The number of rotatable bonds is 2. The second-order valence-electron chi connectivity index (χ2n) is 7.21. The molecular formula is C22H19N3O4. The van der Waals surface area contributed by atoms with Gasteiger partial charge in [-0.15, -0.1) is 0 Å². The second kappa shape index (κ2) is 6.49. The molecule has 7 heteroatoms. The Hall–Kier alpha value is -3.58. The minimum absolute atomic E-state index is 0.0636. The van der Waals surface area contributed by atoms with Gasteiger partial charge < -0.3 is 24.8 Å². The van der Waals surface area contributed by atoms with Crippen molar-refractivity contribution >= 4 is 28.5 Å². The molecule has 2 aromatic heterocycles. The van der Waals surface area contributed by atoms with Crippen molar-refractivity contribution in [1.82, 2.24) is 14.9 Å². The third-order valence-corrected chi connectivity index (χ3v) is 5.32. The monoisotopic (exact) mass is 389 g/mol. The first-order chi connectivity index (χ1) is 14.0. The summed E-state index contributed by atoms with van der Waals surface area (Å²) in [6, 6.07) is 4.45. The fourth-order valence-corrected chi connectivity index (χ4v) is 4.00. The van der Waals surface area contributed by atoms with Gasteiger partial charge in [-0.2, -0.15) is 0 Å². The Balaban J connectivity index is 1.66. The predicted octanol–water partition coefficient (Wildman–Crippen LogP) is 2.98. The van der Waals surface area contributed by atoms with E-state index >= 15 is 0 Å². The summed E-state index contributed by atoms with van der Waals surface area (Å²) in [5.74, 6) is -0.625. The molecule has 0 aliphatic carbocycles. The van der Waals surface area contributed by atoms with Crippen LogP contribution in [0.15, 0.2) is 42.4 Å². The van der Waals surface area contributed by atoms with Crippen LogP contribution in [-0.4, -0.2) is 38.6 Å². The Bertz CT molecular complexity index is 1240. The maximum absolute atomic E-state index is 12.8. The quantitative estimate of drug-likeness (QED) is 0.583. The molecule has 29 heavy (non-hydrogen) atoms. The number of phenolic OH excluding ortho intramolecular Hbond substituents is 2. The van der Waals surface area contributed by atoms with E-state index in [1.165, 1.54) is 11.6 Å². The van der Waals surface area contributed by atoms with E-state index in [2.05, 4.69) is 16.4 Å². The van der Waals surface area contributed by atoms with Crippen LogP contribution in [0.2, 0.25) is 0 Å². The number of carbonyl (C=O) groups is 1. The Morgan fingerprint density at radius 2 is 2.17 bits per heavy atom. The van der Waals surface area contributed by atoms with Crippen LogP contribution in [0.1, 0.15) is 27.9 Å². The smallest absolute Gasteiger partial charge is 0.235 e. The highest BCUT2D eigenvalue weighted by Gasteiger charge is 2.31. The molecule has 4 heterocycles. The van der Waals surface area contributed by atoms with Gasteiger partial charge in [0.05, 0.1) is 0 Å². The molecule has 3 aromatic rings. The van der Waals surface area contributed by atoms with E-state index in [-0.39, 0.29) is 28.6 Å². The van der Waals surface area contributed by atoms with Crippen molar-refractivity contribution in [3.63, 3.8) is 0 Å². The molecule has 0 radical (unpaired) electrons. The Kier molecular flexibility index (Phi) is 3.92. The van der Waals surface area contributed by atoms with E-state index in [9.17, 15) is 15.0 Å². The molecule has 0 saturated carbocycles. The molecule has 0 atom stereocenters. The van der Waals surface area contributed by atoms with Crippen LogP contribution in [0.5, 0.6) is 17.2 Å². The Morgan fingerprint density at radius 1 is 1.31 bits per heavy atom. The van der Waals surface area contributed by atoms with Crippen molar-refractivity contribution in [1.29, 1.82) is 0 Å². The van der Waals surface area contributed by atoms with Gasteiger partial charge in [0, 0.05) is 49.1 Å². The van der Waals surface area contributed by atoms with Crippen LogP contribution in [-0.2, 0) is 7.05 Å². The number of ether oxygens (including phenoxy) is 1. The zero-order valence-electron chi connectivity index (χ0n) is 15.8. The minimum atomic E-state index is -0.416. The Morgan fingerprint density at radius 3 is 2.97 bits per heavy atom. The molecule has 1 aromatic carbocycles. The third-order valence-electron chi connectivity index (χ3n) is 5.32. The van der Waals surface area contributed by atoms with Crippen molar-refractivity contribution < 1.29 is 19.7 Å². The largest absolute Gasteiger partial charge is 0.508 e. The van der Waals surface area contributed by atoms with Gasteiger partial charge in [0.1, 0.15) is 28.5 Å². The van der Waals surface area contributed by atoms with Gasteiger partial charge in [-0.05, 0) is 36.2 Å². The molecule has 7 nitrogen and oxygen atoms in total. The molecule has 0 fully saturated rings. The van der Waals surface area contributed by atoms with E-state index in [1.54, 1.807) is 12.3 Å². The maximum Gasteiger partial charge on any atom is 0.235 e. The minimum Gasteiger partial charge on any atom is -0.508 e. The van der Waals surface area contributed by atoms with Gasteiger partial charge in [0.15, 0.2) is 5.76 Å². The number of fused-ring (bicyclic) bond motifs is 2. The third kappa shape index (κ3) is 2.78. The Labute approximate surface area is 166 Å². The SMILES string of the molecule is Cn1cc(/C=C2\Oc3cc(O)cc(O)c3C2=O)c2c(C3=CCNCC3)ccnc21. The molecule has 5 rings (SSSR count). The molecule has 0 spiro atoms. The van der Waals surface area contributed by atoms with Crippen LogP contribution >= 0.6 is 0 Å². The summed E-state index contributed by atoms with van der Waals surface area (Å²) in [7, 11) is 1.91. The number of ketones is 1. The number of nitrogens with zero attached hydrogens (tertiary/aromatic N) is 2. The normalized spacial score (nSPS) is 17.5. The highest BCUT2D eigenvalue weighted by atomic mass is 16.5. The lowest BCUT2D eigenvalue weighted by atomic mass is 9.96. The summed E-state index contributed by atoms with van der Waals surface area (Å²) in [5, 5.41) is 24.0. The summed E-state index contributed by atoms with van der Waals surface area (Å²) < 4.78 is 7.58. The van der Waals surface area contributed by atoms with Crippen LogP contribution in [0, 0.1) is 0 Å². The van der Waals surface area contributed by atoms with Crippen LogP contribution in [0.4, 0.5) is 0 Å². The molecule has 3 N–H and O–H groups in total. The predicted molar refractivity (Wildman–Crippen MR) is 109 cm³/mol. The average molecular weight is 389 g/mol. The molecule has 0 bridgehead atoms. The number of nitrogens with one attached hydrogen (secondary N) is 1. The fraction of sp³-hybridized carbons (Fsp3) is 0.182. The number of aromatic nitrogens is 2. The topological polar surface area (TPSA) is 96.6 Å². The average Bonchev–Trinajstić information content (AvgIpc) is 3.19. The summed E-state index contributed by atoms with van der Waals surface area (Å²) in [6.07, 6.45) is 8.47. The summed E-state index contributed by atoms with van der Waals surface area (Å²) in [6.45, 7) is 1.74. The van der Waals surface area contributed by atoms with Crippen LogP contribution in [0.25, 0.3) is 22.7 Å². The summed E-state index contributed by atoms with van der Waals surface area (Å²) >= 11 is 0.